The number of sulfonamides is 1. The Morgan fingerprint density at radius 1 is 1.10 bits per heavy atom. The fraction of sp³-hybridized carbons (Fsp3) is 0. The second-order valence-electron chi connectivity index (χ2n) is 4.00. The van der Waals surface area contributed by atoms with Crippen LogP contribution in [0.1, 0.15) is 0 Å². The van der Waals surface area contributed by atoms with E-state index >= 15 is 0 Å². The minimum Gasteiger partial charge on any atom is -0.399 e. The van der Waals surface area contributed by atoms with E-state index in [1.165, 1.54) is 36.9 Å². The third-order valence-electron chi connectivity index (χ3n) is 2.64. The zero-order chi connectivity index (χ0) is 14.2. The molecule has 0 aliphatic rings. The Labute approximate surface area is 114 Å². The molecule has 2 heterocycles. The number of fused-ring (bicyclic) bond motifs is 1. The number of aromatic nitrogens is 4. The third-order valence-corrected chi connectivity index (χ3v) is 4.00. The molecule has 8 nitrogen and oxygen atoms in total. The minimum absolute atomic E-state index is 0.0953. The number of nitrogens with one attached hydrogen (secondary N) is 2. The van der Waals surface area contributed by atoms with Gasteiger partial charge in [-0.25, -0.2) is 23.4 Å². The van der Waals surface area contributed by atoms with Crippen molar-refractivity contribution in [1.82, 2.24) is 19.9 Å². The van der Waals surface area contributed by atoms with Crippen molar-refractivity contribution in [2.24, 2.45) is 0 Å². The highest BCUT2D eigenvalue weighted by Gasteiger charge is 2.17. The topological polar surface area (TPSA) is 127 Å². The molecule has 0 amide bonds. The molecule has 0 spiro atoms. The molecular weight excluding hydrogens is 280 g/mol. The molecule has 0 unspecified atom stereocenters. The molecule has 1 aromatic carbocycles. The summed E-state index contributed by atoms with van der Waals surface area (Å²) in [5, 5.41) is 0. The van der Waals surface area contributed by atoms with Crippen molar-refractivity contribution in [3.8, 4) is 0 Å². The molecule has 0 saturated heterocycles. The number of benzene rings is 1. The lowest BCUT2D eigenvalue weighted by Gasteiger charge is -2.07. The zero-order valence-corrected chi connectivity index (χ0v) is 10.9. The molecule has 0 bridgehead atoms. The molecule has 102 valence electrons. The predicted octanol–water partition coefficient (Wildman–Crippen LogP) is 0.736. The number of nitrogens with two attached hydrogens (primary N) is 1. The summed E-state index contributed by atoms with van der Waals surface area (Å²) in [4.78, 5) is 14.6. The summed E-state index contributed by atoms with van der Waals surface area (Å²) in [6.07, 6.45) is 2.66. The van der Waals surface area contributed by atoms with Gasteiger partial charge in [-0.3, -0.25) is 4.72 Å². The van der Waals surface area contributed by atoms with E-state index in [-0.39, 0.29) is 10.7 Å². The van der Waals surface area contributed by atoms with E-state index in [4.69, 9.17) is 5.73 Å². The van der Waals surface area contributed by atoms with Crippen LogP contribution in [0.4, 0.5) is 11.5 Å². The first-order valence-electron chi connectivity index (χ1n) is 5.59. The fourth-order valence-corrected chi connectivity index (χ4v) is 2.70. The maximum absolute atomic E-state index is 12.2. The molecule has 20 heavy (non-hydrogen) atoms. The number of nitrogens with zero attached hydrogens (tertiary/aromatic N) is 3. The summed E-state index contributed by atoms with van der Waals surface area (Å²) in [5.41, 5.74) is 6.83. The number of rotatable bonds is 3. The van der Waals surface area contributed by atoms with E-state index in [9.17, 15) is 8.42 Å². The summed E-state index contributed by atoms with van der Waals surface area (Å²) < 4.78 is 26.9. The van der Waals surface area contributed by atoms with Crippen LogP contribution in [-0.2, 0) is 10.0 Å². The lowest BCUT2D eigenvalue weighted by atomic mass is 10.3. The van der Waals surface area contributed by atoms with Crippen molar-refractivity contribution in [2.45, 2.75) is 4.90 Å². The minimum atomic E-state index is -3.74. The molecule has 0 radical (unpaired) electrons. The average Bonchev–Trinajstić information content (AvgIpc) is 2.88. The summed E-state index contributed by atoms with van der Waals surface area (Å²) in [7, 11) is -3.74. The van der Waals surface area contributed by atoms with Crippen molar-refractivity contribution in [3.63, 3.8) is 0 Å². The summed E-state index contributed by atoms with van der Waals surface area (Å²) >= 11 is 0. The molecule has 0 saturated carbocycles. The molecule has 0 aliphatic heterocycles. The second kappa shape index (κ2) is 4.46. The van der Waals surface area contributed by atoms with E-state index < -0.39 is 10.0 Å². The van der Waals surface area contributed by atoms with Crippen molar-refractivity contribution in [2.75, 3.05) is 10.5 Å². The number of imidazole rings is 1. The van der Waals surface area contributed by atoms with Gasteiger partial charge in [0.15, 0.2) is 11.5 Å². The van der Waals surface area contributed by atoms with E-state index in [1.54, 1.807) is 0 Å². The summed E-state index contributed by atoms with van der Waals surface area (Å²) in [6, 6.07) is 5.87. The van der Waals surface area contributed by atoms with Crippen molar-refractivity contribution >= 4 is 32.7 Å². The van der Waals surface area contributed by atoms with Crippen LogP contribution in [0.3, 0.4) is 0 Å². The first kappa shape index (κ1) is 12.4. The molecular formula is C11H10N6O2S. The molecule has 2 aromatic heterocycles. The van der Waals surface area contributed by atoms with Crippen LogP contribution in [0, 0.1) is 0 Å². The molecule has 9 heteroatoms. The maximum atomic E-state index is 12.2. The number of nitrogen functional groups attached to an aromatic ring is 1. The Kier molecular flexibility index (Phi) is 2.75. The van der Waals surface area contributed by atoms with Gasteiger partial charge in [0.05, 0.1) is 11.2 Å². The van der Waals surface area contributed by atoms with Crippen LogP contribution >= 0.6 is 0 Å². The van der Waals surface area contributed by atoms with E-state index in [0.29, 0.717) is 16.9 Å². The standard InChI is InChI=1S/C11H10N6O2S/c12-7-1-3-8(4-2-7)20(18,19)17-11-9-10(14-5-13-9)15-6-16-11/h1-6H,12H2,(H2,13,14,15,16,17). The Bertz CT molecular complexity index is 856. The number of H-pyrrole nitrogens is 1. The van der Waals surface area contributed by atoms with Crippen LogP contribution in [0.25, 0.3) is 11.2 Å². The van der Waals surface area contributed by atoms with Crippen LogP contribution in [0.2, 0.25) is 0 Å². The van der Waals surface area contributed by atoms with Gasteiger partial charge < -0.3 is 10.7 Å². The molecule has 4 N–H and O–H groups in total. The van der Waals surface area contributed by atoms with Crippen molar-refractivity contribution in [1.29, 1.82) is 0 Å². The van der Waals surface area contributed by atoms with Crippen molar-refractivity contribution in [3.05, 3.63) is 36.9 Å². The van der Waals surface area contributed by atoms with Gasteiger partial charge in [0, 0.05) is 5.69 Å². The van der Waals surface area contributed by atoms with Gasteiger partial charge in [0.2, 0.25) is 0 Å². The number of hydrogen-bond acceptors (Lipinski definition) is 6. The Morgan fingerprint density at radius 3 is 2.60 bits per heavy atom. The molecule has 0 aliphatic carbocycles. The van der Waals surface area contributed by atoms with Crippen molar-refractivity contribution < 1.29 is 8.42 Å². The van der Waals surface area contributed by atoms with E-state index in [1.807, 2.05) is 0 Å². The lowest BCUT2D eigenvalue weighted by Crippen LogP contribution is -2.14. The van der Waals surface area contributed by atoms with Crippen LogP contribution in [0.15, 0.2) is 41.8 Å². The van der Waals surface area contributed by atoms with Crippen LogP contribution < -0.4 is 10.5 Å². The largest absolute Gasteiger partial charge is 0.399 e. The smallest absolute Gasteiger partial charge is 0.263 e. The van der Waals surface area contributed by atoms with E-state index in [2.05, 4.69) is 24.7 Å². The molecule has 0 fully saturated rings. The van der Waals surface area contributed by atoms with Gasteiger partial charge in [0.1, 0.15) is 11.8 Å². The van der Waals surface area contributed by atoms with Crippen LogP contribution in [0.5, 0.6) is 0 Å². The zero-order valence-electron chi connectivity index (χ0n) is 10.1. The second-order valence-corrected chi connectivity index (χ2v) is 5.68. The average molecular weight is 290 g/mol. The first-order valence-corrected chi connectivity index (χ1v) is 7.07. The summed E-state index contributed by atoms with van der Waals surface area (Å²) in [6.45, 7) is 0. The van der Waals surface area contributed by atoms with Gasteiger partial charge in [-0.1, -0.05) is 0 Å². The first-order chi connectivity index (χ1) is 9.56. The fourth-order valence-electron chi connectivity index (χ4n) is 1.68. The molecule has 0 atom stereocenters. The number of hydrogen-bond donors (Lipinski definition) is 3. The van der Waals surface area contributed by atoms with Gasteiger partial charge in [-0.15, -0.1) is 0 Å². The molecule has 3 rings (SSSR count). The normalized spacial score (nSPS) is 11.6. The maximum Gasteiger partial charge on any atom is 0.263 e. The SMILES string of the molecule is Nc1ccc(S(=O)(=O)Nc2ncnc3nc[nH]c23)cc1. The number of aromatic amines is 1. The van der Waals surface area contributed by atoms with Gasteiger partial charge >= 0.3 is 0 Å². The Balaban J connectivity index is 2.01. The monoisotopic (exact) mass is 290 g/mol. The molecule has 3 aromatic rings. The highest BCUT2D eigenvalue weighted by Crippen LogP contribution is 2.19. The van der Waals surface area contributed by atoms with E-state index in [0.717, 1.165) is 0 Å². The predicted molar refractivity (Wildman–Crippen MR) is 73.3 cm³/mol. The van der Waals surface area contributed by atoms with Gasteiger partial charge in [-0.2, -0.15) is 0 Å². The van der Waals surface area contributed by atoms with Gasteiger partial charge in [-0.05, 0) is 24.3 Å². The third kappa shape index (κ3) is 2.14. The highest BCUT2D eigenvalue weighted by molar-refractivity contribution is 7.92. The Hall–Kier alpha value is -2.68. The van der Waals surface area contributed by atoms with Crippen LogP contribution in [-0.4, -0.2) is 28.4 Å². The summed E-state index contributed by atoms with van der Waals surface area (Å²) in [5.74, 6) is 0.143. The Morgan fingerprint density at radius 2 is 1.85 bits per heavy atom. The number of anilines is 2. The lowest BCUT2D eigenvalue weighted by molar-refractivity contribution is 0.601. The van der Waals surface area contributed by atoms with Gasteiger partial charge in [0.25, 0.3) is 10.0 Å². The quantitative estimate of drug-likeness (QED) is 0.610. The highest BCUT2D eigenvalue weighted by atomic mass is 32.2.